The molecule has 0 unspecified atom stereocenters. The van der Waals surface area contributed by atoms with Gasteiger partial charge in [0.05, 0.1) is 21.9 Å². The Morgan fingerprint density at radius 1 is 1.05 bits per heavy atom. The second kappa shape index (κ2) is 6.24. The van der Waals surface area contributed by atoms with Crippen molar-refractivity contribution in [3.05, 3.63) is 62.8 Å². The summed E-state index contributed by atoms with van der Waals surface area (Å²) in [6.45, 7) is 0. The van der Waals surface area contributed by atoms with Crippen LogP contribution in [0.1, 0.15) is 5.56 Å². The lowest BCUT2D eigenvalue weighted by molar-refractivity contribution is 0.626. The van der Waals surface area contributed by atoms with Gasteiger partial charge in [0.15, 0.2) is 0 Å². The molecule has 1 N–H and O–H groups in total. The van der Waals surface area contributed by atoms with Gasteiger partial charge < -0.3 is 0 Å². The molecule has 0 saturated heterocycles. The van der Waals surface area contributed by atoms with Crippen molar-refractivity contribution in [2.75, 3.05) is 5.43 Å². The monoisotopic (exact) mass is 316 g/mol. The van der Waals surface area contributed by atoms with E-state index in [4.69, 9.17) is 34.8 Å². The number of hydrogen-bond acceptors (Lipinski definition) is 2. The molecule has 2 aromatic carbocycles. The third-order valence-electron chi connectivity index (χ3n) is 2.29. The maximum atomic E-state index is 13.3. The van der Waals surface area contributed by atoms with Gasteiger partial charge in [-0.3, -0.25) is 5.43 Å². The number of hydrogen-bond donors (Lipinski definition) is 1. The summed E-state index contributed by atoms with van der Waals surface area (Å²) >= 11 is 17.7. The van der Waals surface area contributed by atoms with Crippen LogP contribution >= 0.6 is 34.8 Å². The Kier molecular flexibility index (Phi) is 4.64. The van der Waals surface area contributed by atoms with Gasteiger partial charge in [0.25, 0.3) is 0 Å². The highest BCUT2D eigenvalue weighted by molar-refractivity contribution is 6.41. The first-order valence-electron chi connectivity index (χ1n) is 5.26. The van der Waals surface area contributed by atoms with E-state index in [1.54, 1.807) is 18.2 Å². The third kappa shape index (κ3) is 3.60. The maximum Gasteiger partial charge on any atom is 0.132 e. The van der Waals surface area contributed by atoms with Crippen LogP contribution in [0.4, 0.5) is 10.1 Å². The summed E-state index contributed by atoms with van der Waals surface area (Å²) in [5.41, 5.74) is 3.44. The summed E-state index contributed by atoms with van der Waals surface area (Å²) in [6, 6.07) is 9.35. The molecule has 6 heteroatoms. The van der Waals surface area contributed by atoms with Crippen molar-refractivity contribution >= 4 is 46.7 Å². The molecule has 2 nitrogen and oxygen atoms in total. The highest BCUT2D eigenvalue weighted by Crippen LogP contribution is 2.33. The predicted molar refractivity (Wildman–Crippen MR) is 79.1 cm³/mol. The molecule has 0 aliphatic rings. The number of hydrazone groups is 1. The highest BCUT2D eigenvalue weighted by atomic mass is 35.5. The van der Waals surface area contributed by atoms with Gasteiger partial charge in [0, 0.05) is 10.6 Å². The van der Waals surface area contributed by atoms with Crippen LogP contribution in [0.3, 0.4) is 0 Å². The first-order valence-corrected chi connectivity index (χ1v) is 6.39. The molecule has 0 amide bonds. The first kappa shape index (κ1) is 14.1. The average molecular weight is 318 g/mol. The average Bonchev–Trinajstić information content (AvgIpc) is 2.34. The molecule has 0 spiro atoms. The minimum atomic E-state index is -0.360. The largest absolute Gasteiger partial charge is 0.275 e. The normalized spacial score (nSPS) is 10.9. The zero-order valence-corrected chi connectivity index (χ0v) is 11.8. The molecule has 0 saturated carbocycles. The van der Waals surface area contributed by atoms with E-state index < -0.39 is 0 Å². The van der Waals surface area contributed by atoms with Crippen LogP contribution in [0.2, 0.25) is 15.1 Å². The van der Waals surface area contributed by atoms with Crippen LogP contribution < -0.4 is 5.43 Å². The topological polar surface area (TPSA) is 24.4 Å². The lowest BCUT2D eigenvalue weighted by Crippen LogP contribution is -1.94. The van der Waals surface area contributed by atoms with Gasteiger partial charge in [-0.15, -0.1) is 0 Å². The molecular formula is C13H8Cl3FN2. The lowest BCUT2D eigenvalue weighted by atomic mass is 10.2. The first-order chi connectivity index (χ1) is 9.08. The Morgan fingerprint density at radius 3 is 2.32 bits per heavy atom. The van der Waals surface area contributed by atoms with Gasteiger partial charge in [-0.25, -0.2) is 4.39 Å². The predicted octanol–water partition coefficient (Wildman–Crippen LogP) is 5.23. The molecule has 0 fully saturated rings. The van der Waals surface area contributed by atoms with Gasteiger partial charge in [-0.05, 0) is 18.2 Å². The smallest absolute Gasteiger partial charge is 0.132 e. The number of anilines is 1. The maximum absolute atomic E-state index is 13.3. The molecule has 0 aliphatic carbocycles. The lowest BCUT2D eigenvalue weighted by Gasteiger charge is -2.06. The highest BCUT2D eigenvalue weighted by Gasteiger charge is 2.06. The number of benzene rings is 2. The summed E-state index contributed by atoms with van der Waals surface area (Å²) in [4.78, 5) is 0. The van der Waals surface area contributed by atoms with Crippen molar-refractivity contribution in [2.45, 2.75) is 0 Å². The van der Waals surface area contributed by atoms with Gasteiger partial charge in [0.1, 0.15) is 5.82 Å². The fourth-order valence-electron chi connectivity index (χ4n) is 1.40. The molecule has 0 atom stereocenters. The van der Waals surface area contributed by atoms with Gasteiger partial charge in [-0.2, -0.15) is 5.10 Å². The number of nitrogens with one attached hydrogen (secondary N) is 1. The standard InChI is InChI=1S/C13H8Cl3FN2/c14-9-5-10(15)13(11(16)6-9)19-18-7-8-3-1-2-4-12(8)17/h1-7,19H/b18-7+. The Hall–Kier alpha value is -1.29. The van der Waals surface area contributed by atoms with E-state index in [2.05, 4.69) is 10.5 Å². The van der Waals surface area contributed by atoms with Crippen molar-refractivity contribution in [2.24, 2.45) is 5.10 Å². The number of nitrogens with zero attached hydrogens (tertiary/aromatic N) is 1. The molecule has 0 aromatic heterocycles. The van der Waals surface area contributed by atoms with Crippen molar-refractivity contribution in [3.63, 3.8) is 0 Å². The minimum Gasteiger partial charge on any atom is -0.275 e. The van der Waals surface area contributed by atoms with Gasteiger partial charge >= 0.3 is 0 Å². The van der Waals surface area contributed by atoms with E-state index in [0.717, 1.165) is 0 Å². The summed E-state index contributed by atoms with van der Waals surface area (Å²) in [7, 11) is 0. The van der Waals surface area contributed by atoms with Crippen LogP contribution in [0.25, 0.3) is 0 Å². The minimum absolute atomic E-state index is 0.336. The van der Waals surface area contributed by atoms with Crippen LogP contribution in [0.15, 0.2) is 41.5 Å². The third-order valence-corrected chi connectivity index (χ3v) is 3.11. The number of halogens is 4. The van der Waals surface area contributed by atoms with E-state index >= 15 is 0 Å². The van der Waals surface area contributed by atoms with Crippen LogP contribution in [0, 0.1) is 5.82 Å². The zero-order valence-electron chi connectivity index (χ0n) is 9.50. The zero-order chi connectivity index (χ0) is 13.8. The Bertz CT molecular complexity index is 606. The Labute approximate surface area is 124 Å². The van der Waals surface area contributed by atoms with Crippen molar-refractivity contribution in [1.29, 1.82) is 0 Å². The molecule has 0 radical (unpaired) electrons. The summed E-state index contributed by atoms with van der Waals surface area (Å²) in [5, 5.41) is 5.00. The molecule has 2 rings (SSSR count). The van der Waals surface area contributed by atoms with Gasteiger partial charge in [0.2, 0.25) is 0 Å². The molecule has 2 aromatic rings. The Balaban J connectivity index is 2.18. The quantitative estimate of drug-likeness (QED) is 0.608. The van der Waals surface area contributed by atoms with Gasteiger partial charge in [-0.1, -0.05) is 53.0 Å². The number of rotatable bonds is 3. The molecule has 19 heavy (non-hydrogen) atoms. The van der Waals surface area contributed by atoms with Crippen LogP contribution in [0.5, 0.6) is 0 Å². The molecule has 0 heterocycles. The van der Waals surface area contributed by atoms with Crippen LogP contribution in [-0.4, -0.2) is 6.21 Å². The second-order valence-electron chi connectivity index (χ2n) is 3.64. The van der Waals surface area contributed by atoms with E-state index in [1.165, 1.54) is 24.4 Å². The molecule has 0 bridgehead atoms. The summed E-state index contributed by atoms with van der Waals surface area (Å²) in [5.74, 6) is -0.360. The second-order valence-corrected chi connectivity index (χ2v) is 4.89. The Morgan fingerprint density at radius 2 is 1.68 bits per heavy atom. The van der Waals surface area contributed by atoms with Crippen LogP contribution in [-0.2, 0) is 0 Å². The van der Waals surface area contributed by atoms with E-state index in [0.29, 0.717) is 26.3 Å². The summed E-state index contributed by atoms with van der Waals surface area (Å²) in [6.07, 6.45) is 1.34. The van der Waals surface area contributed by atoms with Crippen molar-refractivity contribution in [1.82, 2.24) is 0 Å². The van der Waals surface area contributed by atoms with E-state index in [9.17, 15) is 4.39 Å². The van der Waals surface area contributed by atoms with Crippen molar-refractivity contribution in [3.8, 4) is 0 Å². The van der Waals surface area contributed by atoms with E-state index in [1.807, 2.05) is 0 Å². The molecule has 0 aliphatic heterocycles. The van der Waals surface area contributed by atoms with E-state index in [-0.39, 0.29) is 5.82 Å². The summed E-state index contributed by atoms with van der Waals surface area (Å²) < 4.78 is 13.3. The molecule has 98 valence electrons. The fraction of sp³-hybridized carbons (Fsp3) is 0. The fourth-order valence-corrected chi connectivity index (χ4v) is 2.30. The van der Waals surface area contributed by atoms with Crippen molar-refractivity contribution < 1.29 is 4.39 Å². The molecular weight excluding hydrogens is 310 g/mol. The SMILES string of the molecule is Fc1ccccc1/C=N/Nc1c(Cl)cc(Cl)cc1Cl.